The summed E-state index contributed by atoms with van der Waals surface area (Å²) < 4.78 is 11.0. The lowest BCUT2D eigenvalue weighted by Crippen LogP contribution is -2.49. The zero-order chi connectivity index (χ0) is 17.9. The van der Waals surface area contributed by atoms with Crippen molar-refractivity contribution in [3.63, 3.8) is 0 Å². The van der Waals surface area contributed by atoms with E-state index in [1.165, 1.54) is 5.56 Å². The normalized spacial score (nSPS) is 20.0. The molecule has 0 bridgehead atoms. The van der Waals surface area contributed by atoms with E-state index in [1.807, 2.05) is 0 Å². The Morgan fingerprint density at radius 1 is 1.00 bits per heavy atom. The predicted octanol–water partition coefficient (Wildman–Crippen LogP) is 3.16. The Kier molecular flexibility index (Phi) is 5.22. The third-order valence-corrected chi connectivity index (χ3v) is 5.55. The molecule has 0 radical (unpaired) electrons. The first kappa shape index (κ1) is 17.5. The van der Waals surface area contributed by atoms with E-state index in [1.54, 1.807) is 0 Å². The lowest BCUT2D eigenvalue weighted by Gasteiger charge is -2.39. The summed E-state index contributed by atoms with van der Waals surface area (Å²) in [5, 5.41) is 4.22. The number of hydrogen-bond acceptors (Lipinski definition) is 6. The van der Waals surface area contributed by atoms with E-state index in [0.717, 1.165) is 57.8 Å². The van der Waals surface area contributed by atoms with E-state index in [9.17, 15) is 0 Å². The summed E-state index contributed by atoms with van der Waals surface area (Å²) in [6.45, 7) is 10.2. The number of piperidine rings is 1. The van der Waals surface area contributed by atoms with Crippen LogP contribution in [0.3, 0.4) is 0 Å². The summed E-state index contributed by atoms with van der Waals surface area (Å²) in [7, 11) is 0. The van der Waals surface area contributed by atoms with Crippen LogP contribution < -0.4 is 4.90 Å². The molecule has 0 unspecified atom stereocenters. The van der Waals surface area contributed by atoms with Gasteiger partial charge >= 0.3 is 0 Å². The fourth-order valence-corrected chi connectivity index (χ4v) is 3.85. The van der Waals surface area contributed by atoms with Crippen LogP contribution >= 0.6 is 0 Å². The van der Waals surface area contributed by atoms with Gasteiger partial charge in [0, 0.05) is 37.8 Å². The van der Waals surface area contributed by atoms with Crippen molar-refractivity contribution in [3.05, 3.63) is 29.8 Å². The molecule has 4 rings (SSSR count). The second-order valence-corrected chi connectivity index (χ2v) is 7.54. The topological polar surface area (TPSA) is 54.6 Å². The van der Waals surface area contributed by atoms with Gasteiger partial charge in [-0.15, -0.1) is 0 Å². The molecule has 0 spiro atoms. The Morgan fingerprint density at radius 3 is 2.35 bits per heavy atom. The minimum absolute atomic E-state index is 0.523. The SMILES string of the molecule is CC(C)c1ccc(-c2nc(N3CCC(N4CCOCC4)CC3)no2)cc1. The monoisotopic (exact) mass is 356 g/mol. The van der Waals surface area contributed by atoms with Crippen LogP contribution in [0, 0.1) is 0 Å². The summed E-state index contributed by atoms with van der Waals surface area (Å²) >= 11 is 0. The average molecular weight is 356 g/mol. The lowest BCUT2D eigenvalue weighted by molar-refractivity contribution is 0.0114. The standard InChI is InChI=1S/C20H28N4O2/c1-15(2)16-3-5-17(6-4-16)19-21-20(22-26-19)24-9-7-18(8-10-24)23-11-13-25-14-12-23/h3-6,15,18H,7-14H2,1-2H3. The smallest absolute Gasteiger partial charge is 0.266 e. The first-order chi connectivity index (χ1) is 12.7. The molecule has 2 aromatic rings. The van der Waals surface area contributed by atoms with Gasteiger partial charge in [-0.05, 0) is 41.6 Å². The minimum atomic E-state index is 0.523. The van der Waals surface area contributed by atoms with Gasteiger partial charge in [-0.1, -0.05) is 26.0 Å². The third kappa shape index (κ3) is 3.76. The largest absolute Gasteiger partial charge is 0.379 e. The molecule has 0 aliphatic carbocycles. The molecule has 2 fully saturated rings. The highest BCUT2D eigenvalue weighted by atomic mass is 16.5. The van der Waals surface area contributed by atoms with E-state index in [-0.39, 0.29) is 0 Å². The maximum Gasteiger partial charge on any atom is 0.266 e. The van der Waals surface area contributed by atoms with E-state index < -0.39 is 0 Å². The number of ether oxygens (including phenoxy) is 1. The van der Waals surface area contributed by atoms with Crippen molar-refractivity contribution in [1.82, 2.24) is 15.0 Å². The Hall–Kier alpha value is -1.92. The van der Waals surface area contributed by atoms with Crippen molar-refractivity contribution in [3.8, 4) is 11.5 Å². The fourth-order valence-electron chi connectivity index (χ4n) is 3.85. The second-order valence-electron chi connectivity index (χ2n) is 7.54. The Morgan fingerprint density at radius 2 is 1.69 bits per heavy atom. The fraction of sp³-hybridized carbons (Fsp3) is 0.600. The molecule has 2 aliphatic rings. The molecule has 26 heavy (non-hydrogen) atoms. The first-order valence-electron chi connectivity index (χ1n) is 9.71. The van der Waals surface area contributed by atoms with Crippen molar-refractivity contribution >= 4 is 5.95 Å². The predicted molar refractivity (Wildman–Crippen MR) is 101 cm³/mol. The van der Waals surface area contributed by atoms with Crippen molar-refractivity contribution < 1.29 is 9.26 Å². The van der Waals surface area contributed by atoms with Gasteiger partial charge in [-0.3, -0.25) is 4.90 Å². The minimum Gasteiger partial charge on any atom is -0.379 e. The third-order valence-electron chi connectivity index (χ3n) is 5.55. The molecule has 1 aromatic carbocycles. The van der Waals surface area contributed by atoms with Crippen molar-refractivity contribution in [1.29, 1.82) is 0 Å². The van der Waals surface area contributed by atoms with Gasteiger partial charge in [0.25, 0.3) is 11.8 Å². The zero-order valence-electron chi connectivity index (χ0n) is 15.7. The van der Waals surface area contributed by atoms with Crippen LogP contribution in [-0.4, -0.2) is 60.5 Å². The van der Waals surface area contributed by atoms with Gasteiger partial charge in [-0.2, -0.15) is 4.98 Å². The van der Waals surface area contributed by atoms with Crippen LogP contribution in [0.4, 0.5) is 5.95 Å². The highest BCUT2D eigenvalue weighted by molar-refractivity contribution is 5.55. The molecule has 2 aliphatic heterocycles. The molecule has 2 saturated heterocycles. The van der Waals surface area contributed by atoms with Crippen molar-refractivity contribution in [2.24, 2.45) is 0 Å². The van der Waals surface area contributed by atoms with E-state index in [2.05, 4.69) is 58.1 Å². The summed E-state index contributed by atoms with van der Waals surface area (Å²) in [4.78, 5) is 9.44. The van der Waals surface area contributed by atoms with E-state index >= 15 is 0 Å². The highest BCUT2D eigenvalue weighted by Gasteiger charge is 2.27. The van der Waals surface area contributed by atoms with Gasteiger partial charge in [-0.25, -0.2) is 0 Å². The van der Waals surface area contributed by atoms with Gasteiger partial charge in [0.1, 0.15) is 0 Å². The Bertz CT molecular complexity index is 699. The first-order valence-corrected chi connectivity index (χ1v) is 9.71. The van der Waals surface area contributed by atoms with Crippen LogP contribution in [0.2, 0.25) is 0 Å². The highest BCUT2D eigenvalue weighted by Crippen LogP contribution is 2.25. The molecule has 3 heterocycles. The molecule has 0 saturated carbocycles. The molecule has 6 nitrogen and oxygen atoms in total. The van der Waals surface area contributed by atoms with E-state index in [4.69, 9.17) is 9.26 Å². The molecular weight excluding hydrogens is 328 g/mol. The van der Waals surface area contributed by atoms with Gasteiger partial charge in [0.05, 0.1) is 13.2 Å². The van der Waals surface area contributed by atoms with Crippen LogP contribution in [0.15, 0.2) is 28.8 Å². The number of rotatable bonds is 4. The Labute approximate surface area is 155 Å². The Balaban J connectivity index is 1.37. The summed E-state index contributed by atoms with van der Waals surface area (Å²) in [6.07, 6.45) is 2.29. The molecular formula is C20H28N4O2. The summed E-state index contributed by atoms with van der Waals surface area (Å²) in [5.41, 5.74) is 2.30. The van der Waals surface area contributed by atoms with Gasteiger partial charge in [0.2, 0.25) is 0 Å². The van der Waals surface area contributed by atoms with Gasteiger partial charge < -0.3 is 14.2 Å². The summed E-state index contributed by atoms with van der Waals surface area (Å²) in [6, 6.07) is 9.06. The molecule has 1 aromatic heterocycles. The molecule has 140 valence electrons. The molecule has 0 atom stereocenters. The summed E-state index contributed by atoms with van der Waals surface area (Å²) in [5.74, 6) is 1.84. The quantitative estimate of drug-likeness (QED) is 0.839. The van der Waals surface area contributed by atoms with Crippen molar-refractivity contribution in [2.75, 3.05) is 44.3 Å². The lowest BCUT2D eigenvalue weighted by atomic mass is 10.0. The average Bonchev–Trinajstić information content (AvgIpc) is 3.19. The molecule has 0 N–H and O–H groups in total. The number of anilines is 1. The maximum atomic E-state index is 5.52. The van der Waals surface area contributed by atoms with Crippen LogP contribution in [0.5, 0.6) is 0 Å². The van der Waals surface area contributed by atoms with Crippen molar-refractivity contribution in [2.45, 2.75) is 38.6 Å². The molecule has 0 amide bonds. The maximum absolute atomic E-state index is 5.52. The second kappa shape index (κ2) is 7.76. The van der Waals surface area contributed by atoms with Crippen LogP contribution in [0.25, 0.3) is 11.5 Å². The zero-order valence-corrected chi connectivity index (χ0v) is 15.7. The van der Waals surface area contributed by atoms with Gasteiger partial charge in [0.15, 0.2) is 0 Å². The van der Waals surface area contributed by atoms with E-state index in [0.29, 0.717) is 23.8 Å². The number of aromatic nitrogens is 2. The number of morpholine rings is 1. The number of nitrogens with zero attached hydrogens (tertiary/aromatic N) is 4. The molecule has 6 heteroatoms. The number of benzene rings is 1. The van der Waals surface area contributed by atoms with Crippen LogP contribution in [0.1, 0.15) is 38.2 Å². The number of hydrogen-bond donors (Lipinski definition) is 0. The van der Waals surface area contributed by atoms with Crippen LogP contribution in [-0.2, 0) is 4.74 Å².